The van der Waals surface area contributed by atoms with Gasteiger partial charge in [0.15, 0.2) is 12.3 Å². The van der Waals surface area contributed by atoms with Crippen LogP contribution >= 0.6 is 0 Å². The highest BCUT2D eigenvalue weighted by Gasteiger charge is 2.23. The van der Waals surface area contributed by atoms with Gasteiger partial charge < -0.3 is 38.8 Å². The van der Waals surface area contributed by atoms with Gasteiger partial charge in [0.2, 0.25) is 5.69 Å². The fraction of sp³-hybridized carbons (Fsp3) is 0.745. The van der Waals surface area contributed by atoms with Gasteiger partial charge in [0, 0.05) is 17.7 Å². The third-order valence-electron chi connectivity index (χ3n) is 10.7. The number of carbonyl (C=O) groups is 1. The van der Waals surface area contributed by atoms with E-state index in [0.717, 1.165) is 61.6 Å². The number of aryl methyl sites for hydroxylation is 1. The van der Waals surface area contributed by atoms with Gasteiger partial charge in [-0.2, -0.15) is 0 Å². The number of benzene rings is 1. The molecule has 1 aromatic carbocycles. The normalized spacial score (nSPS) is 11.6. The minimum Gasteiger partial charge on any atom is -1.00 e. The minimum atomic E-state index is -0.526. The molecule has 1 amide bonds. The van der Waals surface area contributed by atoms with E-state index in [1.807, 2.05) is 30.3 Å². The summed E-state index contributed by atoms with van der Waals surface area (Å²) in [6.45, 7) is 10.8. The summed E-state index contributed by atoms with van der Waals surface area (Å²) in [7, 11) is 0. The number of nitrogens with zero attached hydrogens (tertiary/aromatic N) is 1. The lowest BCUT2D eigenvalue weighted by atomic mass is 10.0. The Morgan fingerprint density at radius 2 is 1.08 bits per heavy atom. The van der Waals surface area contributed by atoms with Crippen LogP contribution in [0.1, 0.15) is 205 Å². The summed E-state index contributed by atoms with van der Waals surface area (Å²) in [6.07, 6.45) is 36.8. The van der Waals surface area contributed by atoms with Gasteiger partial charge in [0.1, 0.15) is 24.6 Å². The van der Waals surface area contributed by atoms with Gasteiger partial charge in [-0.1, -0.05) is 180 Å². The molecule has 0 saturated heterocycles. The molecule has 53 heavy (non-hydrogen) atoms. The molecule has 1 aromatic heterocycles. The fourth-order valence-corrected chi connectivity index (χ4v) is 7.20. The summed E-state index contributed by atoms with van der Waals surface area (Å²) in [6, 6.07) is 12.2. The Hall–Kier alpha value is -1.83. The number of hydrogen-bond acceptors (Lipinski definition) is 3. The van der Waals surface area contributed by atoms with E-state index in [1.54, 1.807) is 0 Å². The highest BCUT2D eigenvalue weighted by Crippen LogP contribution is 2.29. The molecule has 0 fully saturated rings. The first-order valence-corrected chi connectivity index (χ1v) is 22.2. The van der Waals surface area contributed by atoms with Crippen LogP contribution in [0.15, 0.2) is 42.6 Å². The largest absolute Gasteiger partial charge is 1.00 e. The molecular formula is C47H81IN2O3. The van der Waals surface area contributed by atoms with Crippen LogP contribution in [0.4, 0.5) is 0 Å². The molecule has 0 bridgehead atoms. The van der Waals surface area contributed by atoms with Crippen LogP contribution in [-0.4, -0.2) is 18.6 Å². The highest BCUT2D eigenvalue weighted by molar-refractivity contribution is 5.81. The molecule has 304 valence electrons. The van der Waals surface area contributed by atoms with Crippen LogP contribution in [0, 0.1) is 6.92 Å². The van der Waals surface area contributed by atoms with Gasteiger partial charge in [-0.25, -0.2) is 4.57 Å². The van der Waals surface area contributed by atoms with Gasteiger partial charge in [-0.3, -0.25) is 4.79 Å². The van der Waals surface area contributed by atoms with E-state index in [2.05, 4.69) is 49.8 Å². The quantitative estimate of drug-likeness (QED) is 0.0427. The van der Waals surface area contributed by atoms with Crippen molar-refractivity contribution in [2.45, 2.75) is 220 Å². The molecule has 2 aromatic rings. The van der Waals surface area contributed by atoms with Crippen molar-refractivity contribution in [1.82, 2.24) is 5.32 Å². The Bertz CT molecular complexity index is 1140. The monoisotopic (exact) mass is 849 g/mol. The lowest BCUT2D eigenvalue weighted by Gasteiger charge is -2.21. The predicted molar refractivity (Wildman–Crippen MR) is 221 cm³/mol. The topological polar surface area (TPSA) is 51.4 Å². The Kier molecular flexibility index (Phi) is 32.2. The molecule has 0 radical (unpaired) electrons. The van der Waals surface area contributed by atoms with Gasteiger partial charge in [-0.05, 0) is 45.2 Å². The Morgan fingerprint density at radius 1 is 0.604 bits per heavy atom. The van der Waals surface area contributed by atoms with Crippen molar-refractivity contribution in [2.24, 2.45) is 0 Å². The van der Waals surface area contributed by atoms with Crippen molar-refractivity contribution in [3.8, 4) is 11.5 Å². The highest BCUT2D eigenvalue weighted by atomic mass is 127. The van der Waals surface area contributed by atoms with Crippen molar-refractivity contribution in [2.75, 3.05) is 6.61 Å². The molecule has 1 unspecified atom stereocenters. The summed E-state index contributed by atoms with van der Waals surface area (Å²) >= 11 is 0. The molecule has 5 nitrogen and oxygen atoms in total. The number of nitrogens with one attached hydrogen (secondary N) is 1. The van der Waals surface area contributed by atoms with Crippen LogP contribution in [0.25, 0.3) is 0 Å². The Labute approximate surface area is 344 Å². The van der Waals surface area contributed by atoms with Crippen molar-refractivity contribution in [3.63, 3.8) is 0 Å². The maximum atomic E-state index is 13.6. The zero-order valence-electron chi connectivity index (χ0n) is 34.9. The average Bonchev–Trinajstić information content (AvgIpc) is 3.16. The molecule has 2 rings (SSSR count). The van der Waals surface area contributed by atoms with E-state index in [-0.39, 0.29) is 29.9 Å². The summed E-state index contributed by atoms with van der Waals surface area (Å²) in [5.74, 6) is 1.58. The number of unbranched alkanes of at least 4 members (excludes halogenated alkanes) is 24. The fourth-order valence-electron chi connectivity index (χ4n) is 7.20. The molecule has 0 spiro atoms. The number of rotatable bonds is 35. The molecule has 0 aliphatic carbocycles. The Morgan fingerprint density at radius 3 is 1.58 bits per heavy atom. The van der Waals surface area contributed by atoms with Crippen molar-refractivity contribution >= 4 is 5.91 Å². The molecule has 6 heteroatoms. The van der Waals surface area contributed by atoms with E-state index >= 15 is 0 Å². The van der Waals surface area contributed by atoms with Crippen molar-refractivity contribution < 1.29 is 42.8 Å². The number of amides is 1. The van der Waals surface area contributed by atoms with E-state index in [4.69, 9.17) is 9.47 Å². The molecular weight excluding hydrogens is 767 g/mol. The molecule has 0 aliphatic heterocycles. The number of carbonyl (C=O) groups excluding carboxylic acids is 1. The standard InChI is InChI=1S/C47H80N2O3.HI/c1-5-8-10-12-14-16-18-20-21-22-24-26-28-30-36-46(47(50)48-41-43-35-31-32-39-49(43)7-3)52-45-38-34-37-44(42(45)4)51-40-33-29-27-25-23-19-17-15-13-11-9-6-2;/h31-32,34-35,37-39,46H,5-30,33,36,40-41H2,1-4H3;1H. The smallest absolute Gasteiger partial charge is 0.261 e. The predicted octanol–water partition coefficient (Wildman–Crippen LogP) is 10.3. The third kappa shape index (κ3) is 24.3. The van der Waals surface area contributed by atoms with Crippen molar-refractivity contribution in [1.29, 1.82) is 0 Å². The van der Waals surface area contributed by atoms with Crippen LogP contribution in [0.2, 0.25) is 0 Å². The number of hydrogen-bond donors (Lipinski definition) is 1. The summed E-state index contributed by atoms with van der Waals surface area (Å²) in [5.41, 5.74) is 2.07. The van der Waals surface area contributed by atoms with Gasteiger partial charge in [-0.15, -0.1) is 0 Å². The lowest BCUT2D eigenvalue weighted by molar-refractivity contribution is -0.701. The second-order valence-corrected chi connectivity index (χ2v) is 15.3. The second-order valence-electron chi connectivity index (χ2n) is 15.3. The van der Waals surface area contributed by atoms with Gasteiger partial charge in [0.05, 0.1) is 6.61 Å². The second kappa shape index (κ2) is 34.6. The first-order valence-electron chi connectivity index (χ1n) is 22.2. The Balaban J connectivity index is 0.0000140. The van der Waals surface area contributed by atoms with Crippen LogP contribution in [0.3, 0.4) is 0 Å². The van der Waals surface area contributed by atoms with Gasteiger partial charge in [0.25, 0.3) is 5.91 Å². The molecule has 1 atom stereocenters. The first kappa shape index (κ1) is 49.2. The summed E-state index contributed by atoms with van der Waals surface area (Å²) in [5, 5.41) is 3.19. The SMILES string of the molecule is CCCCCCCCCCCCCCCCC(Oc1cccc(OCCCCCCCCCCCCCC)c1C)C(=O)NCc1cccc[n+]1CC.[I-]. The summed E-state index contributed by atoms with van der Waals surface area (Å²) in [4.78, 5) is 13.6. The number of halogens is 1. The van der Waals surface area contributed by atoms with E-state index < -0.39 is 6.10 Å². The van der Waals surface area contributed by atoms with E-state index in [0.29, 0.717) is 6.54 Å². The first-order chi connectivity index (χ1) is 25.6. The zero-order chi connectivity index (χ0) is 37.3. The van der Waals surface area contributed by atoms with E-state index in [9.17, 15) is 4.79 Å². The molecule has 1 heterocycles. The number of aromatic nitrogens is 1. The molecule has 1 N–H and O–H groups in total. The molecule has 0 saturated carbocycles. The van der Waals surface area contributed by atoms with Crippen LogP contribution < -0.4 is 43.3 Å². The number of pyridine rings is 1. The van der Waals surface area contributed by atoms with E-state index in [1.165, 1.54) is 148 Å². The maximum absolute atomic E-state index is 13.6. The minimum absolute atomic E-state index is 0. The average molecular weight is 849 g/mol. The maximum Gasteiger partial charge on any atom is 0.261 e. The zero-order valence-corrected chi connectivity index (χ0v) is 37.0. The molecule has 0 aliphatic rings. The van der Waals surface area contributed by atoms with Gasteiger partial charge >= 0.3 is 0 Å². The third-order valence-corrected chi connectivity index (χ3v) is 10.7. The lowest BCUT2D eigenvalue weighted by Crippen LogP contribution is -3.00. The van der Waals surface area contributed by atoms with Crippen LogP contribution in [0.5, 0.6) is 11.5 Å². The summed E-state index contributed by atoms with van der Waals surface area (Å²) < 4.78 is 14.9. The van der Waals surface area contributed by atoms with Crippen molar-refractivity contribution in [3.05, 3.63) is 53.9 Å². The number of ether oxygens (including phenoxy) is 2. The van der Waals surface area contributed by atoms with Crippen LogP contribution in [-0.2, 0) is 17.9 Å².